The predicted octanol–water partition coefficient (Wildman–Crippen LogP) is 4.39. The molecule has 1 N–H and O–H groups in total. The van der Waals surface area contributed by atoms with Crippen LogP contribution in [-0.2, 0) is 6.54 Å². The first-order chi connectivity index (χ1) is 13.3. The summed E-state index contributed by atoms with van der Waals surface area (Å²) < 4.78 is 7.61. The minimum atomic E-state index is -0.0580. The number of hydrogen-bond donors (Lipinski definition) is 1. The van der Waals surface area contributed by atoms with Gasteiger partial charge in [-0.3, -0.25) is 4.68 Å². The molecule has 3 heterocycles. The molecule has 2 aromatic heterocycles. The van der Waals surface area contributed by atoms with Crippen molar-refractivity contribution in [1.29, 1.82) is 0 Å². The van der Waals surface area contributed by atoms with Crippen molar-refractivity contribution in [2.45, 2.75) is 25.4 Å². The number of likely N-dealkylation sites (tertiary alicyclic amines) is 1. The number of ether oxygens (including phenoxy) is 1. The molecule has 6 nitrogen and oxygen atoms in total. The summed E-state index contributed by atoms with van der Waals surface area (Å²) in [6, 6.07) is 11.6. The summed E-state index contributed by atoms with van der Waals surface area (Å²) in [5.74, 6) is 0.732. The van der Waals surface area contributed by atoms with Gasteiger partial charge in [-0.25, -0.2) is 4.79 Å². The molecule has 1 aromatic carbocycles. The Morgan fingerprint density at radius 2 is 2.30 bits per heavy atom. The van der Waals surface area contributed by atoms with Gasteiger partial charge in [0.1, 0.15) is 12.4 Å². The second kappa shape index (κ2) is 8.26. The van der Waals surface area contributed by atoms with Crippen molar-refractivity contribution in [3.63, 3.8) is 0 Å². The van der Waals surface area contributed by atoms with Crippen LogP contribution < -0.4 is 10.1 Å². The molecular formula is C20H22N4O2S. The number of hydrogen-bond acceptors (Lipinski definition) is 4. The number of amides is 2. The Labute approximate surface area is 162 Å². The molecule has 1 aliphatic rings. The van der Waals surface area contributed by atoms with Gasteiger partial charge in [0.15, 0.2) is 0 Å². The molecule has 3 aromatic rings. The lowest BCUT2D eigenvalue weighted by Gasteiger charge is -2.24. The number of aromatic nitrogens is 2. The van der Waals surface area contributed by atoms with Gasteiger partial charge in [0, 0.05) is 30.7 Å². The van der Waals surface area contributed by atoms with Crippen molar-refractivity contribution >= 4 is 23.1 Å². The smallest absolute Gasteiger partial charge is 0.322 e. The number of carbonyl (C=O) groups excluding carboxylic acids is 1. The molecule has 7 heteroatoms. The number of urea groups is 1. The summed E-state index contributed by atoms with van der Waals surface area (Å²) in [6.07, 6.45) is 5.70. The van der Waals surface area contributed by atoms with Crippen LogP contribution in [0.3, 0.4) is 0 Å². The third kappa shape index (κ3) is 4.31. The molecular weight excluding hydrogens is 360 g/mol. The highest BCUT2D eigenvalue weighted by Crippen LogP contribution is 2.33. The molecule has 4 rings (SSSR count). The van der Waals surface area contributed by atoms with Gasteiger partial charge in [-0.1, -0.05) is 6.07 Å². The first-order valence-electron chi connectivity index (χ1n) is 9.09. The van der Waals surface area contributed by atoms with Crippen LogP contribution in [0.4, 0.5) is 10.5 Å². The monoisotopic (exact) mass is 382 g/mol. The fourth-order valence-corrected chi connectivity index (χ4v) is 4.08. The first kappa shape index (κ1) is 17.6. The molecule has 2 amide bonds. The Hall–Kier alpha value is -2.80. The van der Waals surface area contributed by atoms with Crippen LogP contribution in [0, 0.1) is 0 Å². The fourth-order valence-electron chi connectivity index (χ4n) is 3.37. The van der Waals surface area contributed by atoms with Crippen LogP contribution in [0.15, 0.2) is 59.6 Å². The predicted molar refractivity (Wildman–Crippen MR) is 106 cm³/mol. The quantitative estimate of drug-likeness (QED) is 0.688. The van der Waals surface area contributed by atoms with E-state index < -0.39 is 0 Å². The maximum atomic E-state index is 12.8. The summed E-state index contributed by atoms with van der Waals surface area (Å²) in [4.78, 5) is 14.7. The highest BCUT2D eigenvalue weighted by molar-refractivity contribution is 7.08. The van der Waals surface area contributed by atoms with Crippen molar-refractivity contribution in [3.05, 3.63) is 65.1 Å². The lowest BCUT2D eigenvalue weighted by molar-refractivity contribution is 0.207. The average Bonchev–Trinajstić information content (AvgIpc) is 3.43. The van der Waals surface area contributed by atoms with Crippen molar-refractivity contribution in [2.24, 2.45) is 0 Å². The Morgan fingerprint density at radius 1 is 1.33 bits per heavy atom. The number of nitrogens with one attached hydrogen (secondary N) is 1. The molecule has 0 bridgehead atoms. The zero-order valence-electron chi connectivity index (χ0n) is 15.0. The summed E-state index contributed by atoms with van der Waals surface area (Å²) in [7, 11) is 0. The lowest BCUT2D eigenvalue weighted by Crippen LogP contribution is -2.34. The fraction of sp³-hybridized carbons (Fsp3) is 0.300. The van der Waals surface area contributed by atoms with Gasteiger partial charge in [-0.2, -0.15) is 16.4 Å². The van der Waals surface area contributed by atoms with Crippen molar-refractivity contribution < 1.29 is 9.53 Å². The average molecular weight is 382 g/mol. The molecule has 1 aliphatic heterocycles. The second-order valence-corrected chi connectivity index (χ2v) is 7.26. The summed E-state index contributed by atoms with van der Waals surface area (Å²) >= 11 is 1.67. The van der Waals surface area contributed by atoms with E-state index in [-0.39, 0.29) is 12.1 Å². The van der Waals surface area contributed by atoms with Crippen molar-refractivity contribution in [1.82, 2.24) is 14.7 Å². The van der Waals surface area contributed by atoms with Gasteiger partial charge >= 0.3 is 6.03 Å². The number of rotatable bonds is 6. The highest BCUT2D eigenvalue weighted by atomic mass is 32.1. The molecule has 140 valence electrons. The number of anilines is 1. The maximum absolute atomic E-state index is 12.8. The zero-order chi connectivity index (χ0) is 18.5. The van der Waals surface area contributed by atoms with Gasteiger partial charge in [0.05, 0.1) is 12.6 Å². The third-order valence-corrected chi connectivity index (χ3v) is 5.38. The molecule has 0 aliphatic carbocycles. The Balaban J connectivity index is 1.35. The molecule has 0 unspecified atom stereocenters. The number of nitrogens with zero attached hydrogens (tertiary/aromatic N) is 3. The van der Waals surface area contributed by atoms with Gasteiger partial charge in [0.25, 0.3) is 0 Å². The summed E-state index contributed by atoms with van der Waals surface area (Å²) in [6.45, 7) is 1.98. The highest BCUT2D eigenvalue weighted by Gasteiger charge is 2.30. The number of benzene rings is 1. The maximum Gasteiger partial charge on any atom is 0.322 e. The topological polar surface area (TPSA) is 59.4 Å². The lowest BCUT2D eigenvalue weighted by atomic mass is 10.1. The van der Waals surface area contributed by atoms with E-state index in [9.17, 15) is 4.79 Å². The van der Waals surface area contributed by atoms with E-state index in [1.54, 1.807) is 17.5 Å². The molecule has 0 radical (unpaired) electrons. The SMILES string of the molecule is O=C(Nc1cccc(OCCn2cccn2)c1)N1CCC[C@@H]1c1ccsc1. The number of thiophene rings is 1. The number of carbonyl (C=O) groups is 1. The zero-order valence-corrected chi connectivity index (χ0v) is 15.8. The normalized spacial score (nSPS) is 16.4. The van der Waals surface area contributed by atoms with E-state index >= 15 is 0 Å². The van der Waals surface area contributed by atoms with Gasteiger partial charge in [-0.15, -0.1) is 0 Å². The van der Waals surface area contributed by atoms with Crippen molar-refractivity contribution in [2.75, 3.05) is 18.5 Å². The van der Waals surface area contributed by atoms with E-state index in [1.807, 2.05) is 46.1 Å². The van der Waals surface area contributed by atoms with Gasteiger partial charge < -0.3 is 15.0 Å². The van der Waals surface area contributed by atoms with Crippen LogP contribution in [0.1, 0.15) is 24.4 Å². The summed E-state index contributed by atoms with van der Waals surface area (Å²) in [5.41, 5.74) is 1.97. The Kier molecular flexibility index (Phi) is 5.39. The standard InChI is InChI=1S/C20H22N4O2S/c25-20(24-10-2-6-19(24)16-7-13-27-15-16)22-17-4-1-5-18(14-17)26-12-11-23-9-3-8-21-23/h1,3-5,7-9,13-15,19H,2,6,10-12H2,(H,22,25)/t19-/m1/s1. The van der Waals surface area contributed by atoms with Crippen LogP contribution in [-0.4, -0.2) is 33.9 Å². The van der Waals surface area contributed by atoms with E-state index in [0.29, 0.717) is 13.2 Å². The largest absolute Gasteiger partial charge is 0.492 e. The van der Waals surface area contributed by atoms with Gasteiger partial charge in [-0.05, 0) is 53.4 Å². The Morgan fingerprint density at radius 3 is 3.11 bits per heavy atom. The van der Waals surface area contributed by atoms with E-state index in [0.717, 1.165) is 30.8 Å². The van der Waals surface area contributed by atoms with Crippen LogP contribution >= 0.6 is 11.3 Å². The minimum absolute atomic E-state index is 0.0580. The van der Waals surface area contributed by atoms with Crippen LogP contribution in [0.2, 0.25) is 0 Å². The molecule has 0 spiro atoms. The van der Waals surface area contributed by atoms with Crippen LogP contribution in [0.5, 0.6) is 5.75 Å². The minimum Gasteiger partial charge on any atom is -0.492 e. The van der Waals surface area contributed by atoms with E-state index in [1.165, 1.54) is 5.56 Å². The third-order valence-electron chi connectivity index (χ3n) is 4.68. The molecule has 27 heavy (non-hydrogen) atoms. The van der Waals surface area contributed by atoms with Crippen molar-refractivity contribution in [3.8, 4) is 5.75 Å². The molecule has 0 saturated carbocycles. The van der Waals surface area contributed by atoms with Crippen LogP contribution in [0.25, 0.3) is 0 Å². The summed E-state index contributed by atoms with van der Waals surface area (Å²) in [5, 5.41) is 11.4. The molecule has 1 fully saturated rings. The molecule has 1 atom stereocenters. The Bertz CT molecular complexity index is 864. The van der Waals surface area contributed by atoms with E-state index in [2.05, 4.69) is 27.2 Å². The first-order valence-corrected chi connectivity index (χ1v) is 10.0. The van der Waals surface area contributed by atoms with E-state index in [4.69, 9.17) is 4.74 Å². The second-order valence-electron chi connectivity index (χ2n) is 6.48. The molecule has 1 saturated heterocycles. The van der Waals surface area contributed by atoms with Gasteiger partial charge in [0.2, 0.25) is 0 Å².